The summed E-state index contributed by atoms with van der Waals surface area (Å²) in [6.45, 7) is 2.86. The molecule has 0 aliphatic heterocycles. The van der Waals surface area contributed by atoms with E-state index in [0.29, 0.717) is 48.9 Å². The van der Waals surface area contributed by atoms with Crippen molar-refractivity contribution in [2.24, 2.45) is 5.41 Å². The molecule has 5 nitrogen and oxygen atoms in total. The van der Waals surface area contributed by atoms with Gasteiger partial charge < -0.3 is 15.4 Å². The Labute approximate surface area is 164 Å². The van der Waals surface area contributed by atoms with Crippen LogP contribution in [0.1, 0.15) is 25.3 Å². The van der Waals surface area contributed by atoms with Crippen LogP contribution in [0.5, 0.6) is 5.75 Å². The first-order valence-corrected chi connectivity index (χ1v) is 9.49. The number of anilines is 1. The number of rotatable bonds is 8. The normalized spacial score (nSPS) is 14.3. The molecule has 2 amide bonds. The van der Waals surface area contributed by atoms with Crippen LogP contribution < -0.4 is 15.4 Å². The number of carbonyl (C=O) groups excluding carboxylic acids is 2. The fourth-order valence-corrected chi connectivity index (χ4v) is 3.04. The average molecular weight is 387 g/mol. The number of nitrogens with one attached hydrogen (secondary N) is 2. The summed E-state index contributed by atoms with van der Waals surface area (Å²) >= 11 is 5.87. The summed E-state index contributed by atoms with van der Waals surface area (Å²) in [5.74, 6) is 0.105. The van der Waals surface area contributed by atoms with Gasteiger partial charge in [0, 0.05) is 11.6 Å². The van der Waals surface area contributed by atoms with E-state index < -0.39 is 5.41 Å². The molecule has 2 N–H and O–H groups in total. The second-order valence-electron chi connectivity index (χ2n) is 6.60. The molecular weight excluding hydrogens is 364 g/mol. The van der Waals surface area contributed by atoms with E-state index in [1.807, 2.05) is 43.3 Å². The molecule has 2 aromatic carbocycles. The van der Waals surface area contributed by atoms with E-state index in [1.54, 1.807) is 12.1 Å². The van der Waals surface area contributed by atoms with Crippen molar-refractivity contribution in [2.45, 2.75) is 26.2 Å². The lowest BCUT2D eigenvalue weighted by molar-refractivity contribution is -0.134. The first kappa shape index (κ1) is 19.2. The predicted octanol–water partition coefficient (Wildman–Crippen LogP) is 3.82. The maximum Gasteiger partial charge on any atom is 0.240 e. The van der Waals surface area contributed by atoms with Gasteiger partial charge in [-0.15, -0.1) is 0 Å². The summed E-state index contributed by atoms with van der Waals surface area (Å²) in [4.78, 5) is 25.3. The monoisotopic (exact) mass is 386 g/mol. The van der Waals surface area contributed by atoms with E-state index in [1.165, 1.54) is 0 Å². The summed E-state index contributed by atoms with van der Waals surface area (Å²) in [5.41, 5.74) is 0.698. The van der Waals surface area contributed by atoms with E-state index in [0.717, 1.165) is 5.56 Å². The molecule has 6 heteroatoms. The molecular formula is C21H23ClN2O3. The topological polar surface area (TPSA) is 67.4 Å². The molecule has 0 unspecified atom stereocenters. The molecule has 1 aliphatic carbocycles. The predicted molar refractivity (Wildman–Crippen MR) is 106 cm³/mol. The maximum atomic E-state index is 12.7. The second kappa shape index (κ2) is 8.44. The Hall–Kier alpha value is -2.53. The first-order valence-electron chi connectivity index (χ1n) is 9.11. The van der Waals surface area contributed by atoms with E-state index in [-0.39, 0.29) is 11.8 Å². The number of para-hydroxylation sites is 2. The van der Waals surface area contributed by atoms with Crippen LogP contribution in [0, 0.1) is 5.41 Å². The molecule has 0 radical (unpaired) electrons. The zero-order valence-electron chi connectivity index (χ0n) is 15.3. The minimum atomic E-state index is -0.973. The summed E-state index contributed by atoms with van der Waals surface area (Å²) in [6.07, 6.45) is 1.80. The van der Waals surface area contributed by atoms with Crippen LogP contribution in [0.15, 0.2) is 48.5 Å². The van der Waals surface area contributed by atoms with Gasteiger partial charge in [0.25, 0.3) is 0 Å². The van der Waals surface area contributed by atoms with Crippen molar-refractivity contribution in [1.82, 2.24) is 5.32 Å². The third-order valence-electron chi connectivity index (χ3n) is 4.67. The van der Waals surface area contributed by atoms with Crippen molar-refractivity contribution in [1.29, 1.82) is 0 Å². The second-order valence-corrected chi connectivity index (χ2v) is 7.03. The molecule has 1 saturated carbocycles. The number of carbonyl (C=O) groups is 2. The van der Waals surface area contributed by atoms with Gasteiger partial charge in [-0.25, -0.2) is 0 Å². The SMILES string of the molecule is CCOc1ccccc1NC(=O)C1(C(=O)NCCc2ccc(Cl)cc2)CC1. The van der Waals surface area contributed by atoms with E-state index >= 15 is 0 Å². The molecule has 0 spiro atoms. The Morgan fingerprint density at radius 1 is 1.07 bits per heavy atom. The highest BCUT2D eigenvalue weighted by Crippen LogP contribution is 2.47. The summed E-state index contributed by atoms with van der Waals surface area (Å²) in [6, 6.07) is 14.7. The van der Waals surface area contributed by atoms with Gasteiger partial charge in [-0.05, 0) is 56.0 Å². The number of hydrogen-bond acceptors (Lipinski definition) is 3. The Bertz CT molecular complexity index is 816. The van der Waals surface area contributed by atoms with Gasteiger partial charge in [0.15, 0.2) is 0 Å². The van der Waals surface area contributed by atoms with Crippen molar-refractivity contribution < 1.29 is 14.3 Å². The van der Waals surface area contributed by atoms with Gasteiger partial charge in [0.05, 0.1) is 12.3 Å². The highest BCUT2D eigenvalue weighted by molar-refractivity contribution is 6.30. The lowest BCUT2D eigenvalue weighted by atomic mass is 10.0. The first-order chi connectivity index (χ1) is 13.0. The lowest BCUT2D eigenvalue weighted by Gasteiger charge is -2.17. The molecule has 1 aliphatic rings. The highest BCUT2D eigenvalue weighted by Gasteiger charge is 2.56. The van der Waals surface area contributed by atoms with Gasteiger partial charge >= 0.3 is 0 Å². The van der Waals surface area contributed by atoms with Crippen LogP contribution in [0.25, 0.3) is 0 Å². The fraction of sp³-hybridized carbons (Fsp3) is 0.333. The van der Waals surface area contributed by atoms with E-state index in [4.69, 9.17) is 16.3 Å². The number of hydrogen-bond donors (Lipinski definition) is 2. The molecule has 0 aromatic heterocycles. The smallest absolute Gasteiger partial charge is 0.240 e. The van der Waals surface area contributed by atoms with Crippen LogP contribution in [-0.2, 0) is 16.0 Å². The largest absolute Gasteiger partial charge is 0.492 e. The summed E-state index contributed by atoms with van der Waals surface area (Å²) in [7, 11) is 0. The maximum absolute atomic E-state index is 12.7. The van der Waals surface area contributed by atoms with Crippen LogP contribution >= 0.6 is 11.6 Å². The molecule has 0 saturated heterocycles. The average Bonchev–Trinajstić information content (AvgIpc) is 3.47. The molecule has 0 heterocycles. The van der Waals surface area contributed by atoms with Crippen molar-refractivity contribution in [2.75, 3.05) is 18.5 Å². The van der Waals surface area contributed by atoms with Crippen molar-refractivity contribution in [3.63, 3.8) is 0 Å². The van der Waals surface area contributed by atoms with E-state index in [2.05, 4.69) is 10.6 Å². The third-order valence-corrected chi connectivity index (χ3v) is 4.92. The molecule has 0 atom stereocenters. The zero-order valence-corrected chi connectivity index (χ0v) is 16.0. The van der Waals surface area contributed by atoms with Gasteiger partial charge in [-0.3, -0.25) is 9.59 Å². The number of halogens is 1. The highest BCUT2D eigenvalue weighted by atomic mass is 35.5. The van der Waals surface area contributed by atoms with Crippen molar-refractivity contribution >= 4 is 29.1 Å². The Balaban J connectivity index is 1.56. The van der Waals surface area contributed by atoms with Crippen molar-refractivity contribution in [3.05, 3.63) is 59.1 Å². The Kier molecular flexibility index (Phi) is 6.01. The van der Waals surface area contributed by atoms with Crippen molar-refractivity contribution in [3.8, 4) is 5.75 Å². The quantitative estimate of drug-likeness (QED) is 0.678. The van der Waals surface area contributed by atoms with Crippen LogP contribution in [0.3, 0.4) is 0 Å². The fourth-order valence-electron chi connectivity index (χ4n) is 2.92. The Morgan fingerprint density at radius 2 is 1.78 bits per heavy atom. The lowest BCUT2D eigenvalue weighted by Crippen LogP contribution is -2.40. The number of amides is 2. The molecule has 0 bridgehead atoms. The molecule has 27 heavy (non-hydrogen) atoms. The van der Waals surface area contributed by atoms with Gasteiger partial charge in [-0.1, -0.05) is 35.9 Å². The zero-order chi connectivity index (χ0) is 19.3. The molecule has 142 valence electrons. The van der Waals surface area contributed by atoms with Gasteiger partial charge in [-0.2, -0.15) is 0 Å². The molecule has 2 aromatic rings. The van der Waals surface area contributed by atoms with E-state index in [9.17, 15) is 9.59 Å². The number of benzene rings is 2. The standard InChI is InChI=1S/C21H23ClN2O3/c1-2-27-18-6-4-3-5-17(18)24-20(26)21(12-13-21)19(25)23-14-11-15-7-9-16(22)10-8-15/h3-10H,2,11-14H2,1H3,(H,23,25)(H,24,26). The number of ether oxygens (including phenoxy) is 1. The minimum Gasteiger partial charge on any atom is -0.492 e. The van der Waals surface area contributed by atoms with Gasteiger partial charge in [0.2, 0.25) is 11.8 Å². The summed E-state index contributed by atoms with van der Waals surface area (Å²) < 4.78 is 5.53. The van der Waals surface area contributed by atoms with Crippen LogP contribution in [0.2, 0.25) is 5.02 Å². The Morgan fingerprint density at radius 3 is 2.44 bits per heavy atom. The summed E-state index contributed by atoms with van der Waals surface area (Å²) in [5, 5.41) is 6.43. The molecule has 3 rings (SSSR count). The van der Waals surface area contributed by atoms with Crippen LogP contribution in [-0.4, -0.2) is 25.0 Å². The van der Waals surface area contributed by atoms with Crippen LogP contribution in [0.4, 0.5) is 5.69 Å². The minimum absolute atomic E-state index is 0.220. The third kappa shape index (κ3) is 4.61. The molecule has 1 fully saturated rings. The van der Waals surface area contributed by atoms with Gasteiger partial charge in [0.1, 0.15) is 11.2 Å².